The van der Waals surface area contributed by atoms with Crippen molar-refractivity contribution in [3.63, 3.8) is 0 Å². The Morgan fingerprint density at radius 2 is 1.92 bits per heavy atom. The highest BCUT2D eigenvalue weighted by atomic mass is 16.7. The van der Waals surface area contributed by atoms with E-state index >= 15 is 0 Å². The zero-order chi connectivity index (χ0) is 8.39. The first-order valence-electron chi connectivity index (χ1n) is 3.90. The van der Waals surface area contributed by atoms with Gasteiger partial charge < -0.3 is 4.84 Å². The van der Waals surface area contributed by atoms with Crippen LogP contribution in [-0.4, -0.2) is 0 Å². The van der Waals surface area contributed by atoms with Crippen molar-refractivity contribution in [1.82, 2.24) is 0 Å². The van der Waals surface area contributed by atoms with Gasteiger partial charge in [0, 0.05) is 0 Å². The maximum atomic E-state index is 5.39. The fourth-order valence-corrected chi connectivity index (χ4v) is 1.10. The van der Waals surface area contributed by atoms with Crippen LogP contribution in [0.3, 0.4) is 0 Å². The minimum atomic E-state index is 0.916. The van der Waals surface area contributed by atoms with Gasteiger partial charge in [0.1, 0.15) is 12.3 Å². The van der Waals surface area contributed by atoms with Gasteiger partial charge >= 0.3 is 0 Å². The lowest BCUT2D eigenvalue weighted by atomic mass is 10.3. The average molecular weight is 160 g/mol. The molecule has 0 fully saturated rings. The SMILES string of the molecule is CC1=C[CH]N(c2ccccc2)O1. The number of hydrogen-bond acceptors (Lipinski definition) is 2. The van der Waals surface area contributed by atoms with Gasteiger partial charge in [-0.25, -0.2) is 5.06 Å². The first kappa shape index (κ1) is 7.22. The fourth-order valence-electron chi connectivity index (χ4n) is 1.10. The minimum absolute atomic E-state index is 0.916. The highest BCUT2D eigenvalue weighted by Gasteiger charge is 2.12. The van der Waals surface area contributed by atoms with E-state index in [1.165, 1.54) is 0 Å². The Balaban J connectivity index is 2.14. The van der Waals surface area contributed by atoms with Crippen molar-refractivity contribution < 1.29 is 4.84 Å². The Hall–Kier alpha value is -1.44. The predicted octanol–water partition coefficient (Wildman–Crippen LogP) is 2.50. The van der Waals surface area contributed by atoms with Crippen molar-refractivity contribution >= 4 is 5.69 Å². The molecule has 1 aromatic rings. The lowest BCUT2D eigenvalue weighted by molar-refractivity contribution is 0.224. The van der Waals surface area contributed by atoms with Crippen LogP contribution in [0.25, 0.3) is 0 Å². The number of hydroxylamine groups is 1. The molecule has 0 aromatic heterocycles. The third-order valence-electron chi connectivity index (χ3n) is 1.70. The van der Waals surface area contributed by atoms with Crippen molar-refractivity contribution in [3.05, 3.63) is 48.7 Å². The Labute approximate surface area is 72.0 Å². The molecule has 2 heteroatoms. The summed E-state index contributed by atoms with van der Waals surface area (Å²) in [4.78, 5) is 5.39. The summed E-state index contributed by atoms with van der Waals surface area (Å²) in [5, 5.41) is 1.75. The van der Waals surface area contributed by atoms with Crippen LogP contribution < -0.4 is 5.06 Å². The molecule has 1 aliphatic rings. The molecule has 0 unspecified atom stereocenters. The van der Waals surface area contributed by atoms with Crippen molar-refractivity contribution in [2.75, 3.05) is 5.06 Å². The van der Waals surface area contributed by atoms with Gasteiger partial charge in [0.2, 0.25) is 0 Å². The Bertz CT molecular complexity index is 292. The number of hydrogen-bond donors (Lipinski definition) is 0. The van der Waals surface area contributed by atoms with Crippen LogP contribution in [0.15, 0.2) is 42.2 Å². The quantitative estimate of drug-likeness (QED) is 0.625. The van der Waals surface area contributed by atoms with E-state index in [1.807, 2.05) is 49.9 Å². The maximum Gasteiger partial charge on any atom is 0.127 e. The van der Waals surface area contributed by atoms with E-state index in [-0.39, 0.29) is 0 Å². The molecule has 0 amide bonds. The number of anilines is 1. The van der Waals surface area contributed by atoms with Crippen molar-refractivity contribution in [2.24, 2.45) is 0 Å². The molecule has 0 bridgehead atoms. The molecule has 1 aliphatic heterocycles. The third-order valence-corrected chi connectivity index (χ3v) is 1.70. The number of rotatable bonds is 1. The van der Waals surface area contributed by atoms with E-state index < -0.39 is 0 Å². The molecule has 0 spiro atoms. The van der Waals surface area contributed by atoms with Crippen LogP contribution in [-0.2, 0) is 4.84 Å². The third kappa shape index (κ3) is 1.28. The zero-order valence-corrected chi connectivity index (χ0v) is 6.90. The molecule has 2 nitrogen and oxygen atoms in total. The summed E-state index contributed by atoms with van der Waals surface area (Å²) in [5.41, 5.74) is 1.05. The normalized spacial score (nSPS) is 15.8. The molecule has 0 saturated carbocycles. The van der Waals surface area contributed by atoms with Crippen LogP contribution in [0.1, 0.15) is 6.92 Å². The second kappa shape index (κ2) is 2.89. The molecule has 0 saturated heterocycles. The highest BCUT2D eigenvalue weighted by molar-refractivity contribution is 5.47. The lowest BCUT2D eigenvalue weighted by Crippen LogP contribution is -2.12. The Kier molecular flexibility index (Phi) is 1.74. The minimum Gasteiger partial charge on any atom is -0.384 e. The van der Waals surface area contributed by atoms with Crippen LogP contribution in [0.2, 0.25) is 0 Å². The summed E-state index contributed by atoms with van der Waals surface area (Å²) >= 11 is 0. The summed E-state index contributed by atoms with van der Waals surface area (Å²) < 4.78 is 0. The molecule has 1 radical (unpaired) electrons. The molecule has 61 valence electrons. The zero-order valence-electron chi connectivity index (χ0n) is 6.90. The second-order valence-corrected chi connectivity index (χ2v) is 2.68. The van der Waals surface area contributed by atoms with Gasteiger partial charge in [-0.15, -0.1) is 0 Å². The molecule has 0 aliphatic carbocycles. The van der Waals surface area contributed by atoms with Gasteiger partial charge in [-0.05, 0) is 25.1 Å². The predicted molar refractivity (Wildman–Crippen MR) is 48.1 cm³/mol. The van der Waals surface area contributed by atoms with Crippen molar-refractivity contribution in [2.45, 2.75) is 6.92 Å². The van der Waals surface area contributed by atoms with Crippen LogP contribution in [0.4, 0.5) is 5.69 Å². The van der Waals surface area contributed by atoms with Gasteiger partial charge in [0.25, 0.3) is 0 Å². The van der Waals surface area contributed by atoms with Crippen LogP contribution >= 0.6 is 0 Å². The van der Waals surface area contributed by atoms with E-state index in [4.69, 9.17) is 4.84 Å². The van der Waals surface area contributed by atoms with Gasteiger partial charge in [-0.3, -0.25) is 0 Å². The fraction of sp³-hybridized carbons (Fsp3) is 0.100. The smallest absolute Gasteiger partial charge is 0.127 e. The average Bonchev–Trinajstić information content (AvgIpc) is 2.54. The number of para-hydroxylation sites is 1. The van der Waals surface area contributed by atoms with E-state index in [0.29, 0.717) is 0 Å². The van der Waals surface area contributed by atoms with E-state index in [2.05, 4.69) is 0 Å². The summed E-state index contributed by atoms with van der Waals surface area (Å²) in [5.74, 6) is 0.916. The summed E-state index contributed by atoms with van der Waals surface area (Å²) in [6, 6.07) is 9.96. The van der Waals surface area contributed by atoms with Gasteiger partial charge in [-0.2, -0.15) is 0 Å². The van der Waals surface area contributed by atoms with Gasteiger partial charge in [-0.1, -0.05) is 18.2 Å². The highest BCUT2D eigenvalue weighted by Crippen LogP contribution is 2.22. The van der Waals surface area contributed by atoms with Crippen molar-refractivity contribution in [1.29, 1.82) is 0 Å². The first-order chi connectivity index (χ1) is 5.86. The van der Waals surface area contributed by atoms with Crippen LogP contribution in [0.5, 0.6) is 0 Å². The largest absolute Gasteiger partial charge is 0.384 e. The summed E-state index contributed by atoms with van der Waals surface area (Å²) in [6.45, 7) is 3.84. The monoisotopic (exact) mass is 160 g/mol. The molecular weight excluding hydrogens is 150 g/mol. The molecule has 0 atom stereocenters. The first-order valence-corrected chi connectivity index (χ1v) is 3.90. The number of allylic oxidation sites excluding steroid dienone is 1. The second-order valence-electron chi connectivity index (χ2n) is 2.68. The number of nitrogens with zero attached hydrogens (tertiary/aromatic N) is 1. The van der Waals surface area contributed by atoms with Crippen molar-refractivity contribution in [3.8, 4) is 0 Å². The molecule has 1 heterocycles. The molecule has 12 heavy (non-hydrogen) atoms. The number of benzene rings is 1. The van der Waals surface area contributed by atoms with Crippen LogP contribution in [0, 0.1) is 6.54 Å². The van der Waals surface area contributed by atoms with Gasteiger partial charge in [0.05, 0.1) is 5.69 Å². The standard InChI is InChI=1S/C10H10NO/c1-9-7-8-11(12-9)10-5-3-2-4-6-10/h2-8H,1H3. The molecule has 2 rings (SSSR count). The van der Waals surface area contributed by atoms with Gasteiger partial charge in [0.15, 0.2) is 0 Å². The maximum absolute atomic E-state index is 5.39. The Morgan fingerprint density at radius 1 is 1.17 bits per heavy atom. The Morgan fingerprint density at radius 3 is 2.50 bits per heavy atom. The molecular formula is C10H10NO. The summed E-state index contributed by atoms with van der Waals surface area (Å²) in [7, 11) is 0. The van der Waals surface area contributed by atoms with E-state index in [0.717, 1.165) is 11.4 Å². The summed E-state index contributed by atoms with van der Waals surface area (Å²) in [6.07, 6.45) is 1.94. The van der Waals surface area contributed by atoms with E-state index in [1.54, 1.807) is 5.06 Å². The van der Waals surface area contributed by atoms with E-state index in [9.17, 15) is 0 Å². The lowest BCUT2D eigenvalue weighted by Gasteiger charge is -2.16. The molecule has 1 aromatic carbocycles. The topological polar surface area (TPSA) is 12.5 Å². The molecule has 0 N–H and O–H groups in total.